The molecule has 0 aliphatic carbocycles. The summed E-state index contributed by atoms with van der Waals surface area (Å²) in [6.45, 7) is 6.09. The molecule has 124 valence electrons. The summed E-state index contributed by atoms with van der Waals surface area (Å²) in [7, 11) is 5.83. The van der Waals surface area contributed by atoms with Crippen LogP contribution in [0.3, 0.4) is 0 Å². The first-order valence-corrected chi connectivity index (χ1v) is 7.84. The van der Waals surface area contributed by atoms with Gasteiger partial charge in [0.1, 0.15) is 5.75 Å². The fourth-order valence-corrected chi connectivity index (χ4v) is 2.25. The van der Waals surface area contributed by atoms with Crippen LogP contribution in [0.5, 0.6) is 5.75 Å². The molecule has 0 fully saturated rings. The Morgan fingerprint density at radius 2 is 2.00 bits per heavy atom. The average molecular weight is 307 g/mol. The lowest BCUT2D eigenvalue weighted by Gasteiger charge is -2.25. The highest BCUT2D eigenvalue weighted by molar-refractivity contribution is 5.74. The first-order valence-electron chi connectivity index (χ1n) is 7.84. The van der Waals surface area contributed by atoms with Crippen LogP contribution in [-0.4, -0.2) is 56.2 Å². The van der Waals surface area contributed by atoms with Crippen molar-refractivity contribution in [1.29, 1.82) is 0 Å². The molecule has 1 aromatic carbocycles. The summed E-state index contributed by atoms with van der Waals surface area (Å²) >= 11 is 0. The molecule has 0 radical (unpaired) electrons. The van der Waals surface area contributed by atoms with Crippen molar-refractivity contribution < 1.29 is 9.53 Å². The highest BCUT2D eigenvalue weighted by Gasteiger charge is 2.15. The molecule has 2 amide bonds. The lowest BCUT2D eigenvalue weighted by molar-refractivity contribution is 0.198. The Balaban J connectivity index is 2.57. The normalized spacial score (nSPS) is 12.1. The Hall–Kier alpha value is -1.75. The van der Waals surface area contributed by atoms with Gasteiger partial charge in [0.2, 0.25) is 0 Å². The average Bonchev–Trinajstić information content (AvgIpc) is 2.46. The Morgan fingerprint density at radius 3 is 2.59 bits per heavy atom. The molecule has 0 heterocycles. The van der Waals surface area contributed by atoms with Crippen LogP contribution in [0.2, 0.25) is 0 Å². The minimum absolute atomic E-state index is 0.0458. The van der Waals surface area contributed by atoms with E-state index >= 15 is 0 Å². The van der Waals surface area contributed by atoms with Crippen molar-refractivity contribution in [2.75, 3.05) is 34.3 Å². The summed E-state index contributed by atoms with van der Waals surface area (Å²) < 4.78 is 5.49. The zero-order chi connectivity index (χ0) is 16.5. The van der Waals surface area contributed by atoms with E-state index in [9.17, 15) is 4.79 Å². The topological polar surface area (TPSA) is 44.8 Å². The minimum Gasteiger partial charge on any atom is -0.494 e. The highest BCUT2D eigenvalue weighted by atomic mass is 16.5. The molecular weight excluding hydrogens is 278 g/mol. The number of nitrogens with zero attached hydrogens (tertiary/aromatic N) is 2. The molecule has 0 aliphatic heterocycles. The largest absolute Gasteiger partial charge is 0.494 e. The van der Waals surface area contributed by atoms with Crippen LogP contribution in [0, 0.1) is 0 Å². The van der Waals surface area contributed by atoms with Crippen molar-refractivity contribution >= 4 is 6.03 Å². The van der Waals surface area contributed by atoms with E-state index in [2.05, 4.69) is 17.1 Å². The number of carbonyl (C=O) groups excluding carboxylic acids is 1. The lowest BCUT2D eigenvalue weighted by atomic mass is 10.2. The molecule has 0 aromatic heterocycles. The van der Waals surface area contributed by atoms with Gasteiger partial charge in [-0.1, -0.05) is 19.1 Å². The maximum absolute atomic E-state index is 12.3. The fourth-order valence-electron chi connectivity index (χ4n) is 2.25. The van der Waals surface area contributed by atoms with Crippen molar-refractivity contribution in [3.05, 3.63) is 29.8 Å². The number of likely N-dealkylation sites (N-methyl/N-ethyl adjacent to an activating group) is 1. The van der Waals surface area contributed by atoms with Gasteiger partial charge in [-0.2, -0.15) is 0 Å². The zero-order valence-corrected chi connectivity index (χ0v) is 14.4. The molecule has 0 spiro atoms. The second-order valence-corrected chi connectivity index (χ2v) is 5.75. The van der Waals surface area contributed by atoms with E-state index < -0.39 is 0 Å². The molecule has 0 unspecified atom stereocenters. The SMILES string of the molecule is CCOc1cccc(CN(C)C(=O)N[C@H](CC)CN(C)C)c1. The third-order valence-corrected chi connectivity index (χ3v) is 3.38. The minimum atomic E-state index is -0.0458. The molecule has 22 heavy (non-hydrogen) atoms. The van der Waals surface area contributed by atoms with Crippen LogP contribution < -0.4 is 10.1 Å². The number of ether oxygens (including phenoxy) is 1. The van der Waals surface area contributed by atoms with Gasteiger partial charge in [0, 0.05) is 26.2 Å². The molecule has 1 rings (SSSR count). The predicted molar refractivity (Wildman–Crippen MR) is 90.2 cm³/mol. The van der Waals surface area contributed by atoms with Crippen molar-refractivity contribution in [1.82, 2.24) is 15.1 Å². The second-order valence-electron chi connectivity index (χ2n) is 5.75. The maximum Gasteiger partial charge on any atom is 0.317 e. The molecule has 0 aliphatic rings. The van der Waals surface area contributed by atoms with E-state index in [1.807, 2.05) is 52.3 Å². The van der Waals surface area contributed by atoms with E-state index in [1.54, 1.807) is 4.90 Å². The van der Waals surface area contributed by atoms with E-state index in [0.717, 1.165) is 24.3 Å². The van der Waals surface area contributed by atoms with E-state index in [0.29, 0.717) is 13.2 Å². The van der Waals surface area contributed by atoms with Crippen molar-refractivity contribution in [2.24, 2.45) is 0 Å². The standard InChI is InChI=1S/C17H29N3O2/c1-6-15(13-19(3)4)18-17(21)20(5)12-14-9-8-10-16(11-14)22-7-2/h8-11,15H,6-7,12-13H2,1-5H3,(H,18,21)/t15-/m1/s1. The van der Waals surface area contributed by atoms with Crippen LogP contribution >= 0.6 is 0 Å². The zero-order valence-electron chi connectivity index (χ0n) is 14.4. The van der Waals surface area contributed by atoms with Crippen LogP contribution in [0.1, 0.15) is 25.8 Å². The van der Waals surface area contributed by atoms with Gasteiger partial charge in [0.25, 0.3) is 0 Å². The number of nitrogens with one attached hydrogen (secondary N) is 1. The second kappa shape index (κ2) is 9.30. The van der Waals surface area contributed by atoms with Crippen molar-refractivity contribution in [3.8, 4) is 5.75 Å². The van der Waals surface area contributed by atoms with E-state index in [-0.39, 0.29) is 12.1 Å². The molecule has 0 saturated carbocycles. The smallest absolute Gasteiger partial charge is 0.317 e. The van der Waals surface area contributed by atoms with Gasteiger partial charge in [-0.15, -0.1) is 0 Å². The van der Waals surface area contributed by atoms with Crippen LogP contribution in [-0.2, 0) is 6.54 Å². The number of amides is 2. The molecule has 5 nitrogen and oxygen atoms in total. The summed E-state index contributed by atoms with van der Waals surface area (Å²) in [6, 6.07) is 7.98. The van der Waals surface area contributed by atoms with Crippen LogP contribution in [0.25, 0.3) is 0 Å². The first kappa shape index (κ1) is 18.3. The molecule has 1 aromatic rings. The molecule has 1 atom stereocenters. The summed E-state index contributed by atoms with van der Waals surface area (Å²) in [5, 5.41) is 3.07. The third kappa shape index (κ3) is 6.35. The molecule has 0 saturated heterocycles. The number of hydrogen-bond donors (Lipinski definition) is 1. The Kier molecular flexibility index (Phi) is 7.74. The van der Waals surface area contributed by atoms with Gasteiger partial charge in [-0.25, -0.2) is 4.79 Å². The maximum atomic E-state index is 12.3. The van der Waals surface area contributed by atoms with E-state index in [4.69, 9.17) is 4.74 Å². The van der Waals surface area contributed by atoms with Gasteiger partial charge in [-0.3, -0.25) is 0 Å². The lowest BCUT2D eigenvalue weighted by Crippen LogP contribution is -2.46. The number of rotatable bonds is 8. The first-order chi connectivity index (χ1) is 10.5. The Morgan fingerprint density at radius 1 is 1.27 bits per heavy atom. The van der Waals surface area contributed by atoms with Gasteiger partial charge in [0.15, 0.2) is 0 Å². The van der Waals surface area contributed by atoms with Crippen LogP contribution in [0.15, 0.2) is 24.3 Å². The number of urea groups is 1. The van der Waals surface area contributed by atoms with Gasteiger partial charge >= 0.3 is 6.03 Å². The van der Waals surface area contributed by atoms with Crippen molar-refractivity contribution in [3.63, 3.8) is 0 Å². The van der Waals surface area contributed by atoms with Crippen LogP contribution in [0.4, 0.5) is 4.79 Å². The molecular formula is C17H29N3O2. The molecule has 1 N–H and O–H groups in total. The number of hydrogen-bond acceptors (Lipinski definition) is 3. The third-order valence-electron chi connectivity index (χ3n) is 3.38. The fraction of sp³-hybridized carbons (Fsp3) is 0.588. The molecule has 5 heteroatoms. The quantitative estimate of drug-likeness (QED) is 0.803. The monoisotopic (exact) mass is 307 g/mol. The summed E-state index contributed by atoms with van der Waals surface area (Å²) in [6.07, 6.45) is 0.914. The predicted octanol–water partition coefficient (Wildman–Crippen LogP) is 2.57. The Labute approximate surface area is 134 Å². The summed E-state index contributed by atoms with van der Waals surface area (Å²) in [4.78, 5) is 16.1. The van der Waals surface area contributed by atoms with Gasteiger partial charge in [-0.05, 0) is 45.1 Å². The molecule has 0 bridgehead atoms. The van der Waals surface area contributed by atoms with E-state index in [1.165, 1.54) is 0 Å². The van der Waals surface area contributed by atoms with Crippen molar-refractivity contribution in [2.45, 2.75) is 32.9 Å². The summed E-state index contributed by atoms with van der Waals surface area (Å²) in [5.74, 6) is 0.841. The number of carbonyl (C=O) groups is 1. The highest BCUT2D eigenvalue weighted by Crippen LogP contribution is 2.14. The Bertz CT molecular complexity index is 463. The van der Waals surface area contributed by atoms with Gasteiger partial charge in [0.05, 0.1) is 6.61 Å². The summed E-state index contributed by atoms with van der Waals surface area (Å²) in [5.41, 5.74) is 1.06. The number of benzene rings is 1. The van der Waals surface area contributed by atoms with Gasteiger partial charge < -0.3 is 19.9 Å².